The van der Waals surface area contributed by atoms with Crippen LogP contribution >= 0.6 is 0 Å². The number of hydrogen-bond donors (Lipinski definition) is 1. The van der Waals surface area contributed by atoms with E-state index in [-0.39, 0.29) is 5.91 Å². The molecule has 1 aromatic carbocycles. The van der Waals surface area contributed by atoms with Crippen LogP contribution in [0, 0.1) is 6.92 Å². The summed E-state index contributed by atoms with van der Waals surface area (Å²) < 4.78 is 0. The number of unbranched alkanes of at least 4 members (excludes halogenated alkanes) is 1. The Bertz CT molecular complexity index is 622. The molecule has 4 nitrogen and oxygen atoms in total. The van der Waals surface area contributed by atoms with Gasteiger partial charge in [0.25, 0.3) is 5.91 Å². The fourth-order valence-electron chi connectivity index (χ4n) is 2.12. The van der Waals surface area contributed by atoms with Crippen LogP contribution in [0.25, 0.3) is 0 Å². The SMILES string of the molecule is CCCCN(C)C(=O)c1cc(Nc2ccc(C)cc2)ccn1. The Morgan fingerprint density at radius 2 is 1.91 bits per heavy atom. The Kier molecular flexibility index (Phi) is 5.53. The van der Waals surface area contributed by atoms with E-state index in [4.69, 9.17) is 0 Å². The van der Waals surface area contributed by atoms with E-state index in [0.717, 1.165) is 30.8 Å². The number of pyridine rings is 1. The molecule has 1 amide bonds. The smallest absolute Gasteiger partial charge is 0.272 e. The molecule has 0 unspecified atom stereocenters. The van der Waals surface area contributed by atoms with Gasteiger partial charge in [-0.05, 0) is 37.6 Å². The van der Waals surface area contributed by atoms with Crippen molar-refractivity contribution >= 4 is 17.3 Å². The number of anilines is 2. The third-order valence-corrected chi connectivity index (χ3v) is 3.51. The molecule has 0 aliphatic rings. The summed E-state index contributed by atoms with van der Waals surface area (Å²) >= 11 is 0. The summed E-state index contributed by atoms with van der Waals surface area (Å²) in [6.07, 6.45) is 3.74. The van der Waals surface area contributed by atoms with Gasteiger partial charge in [-0.15, -0.1) is 0 Å². The molecular formula is C18H23N3O. The van der Waals surface area contributed by atoms with Gasteiger partial charge in [0.2, 0.25) is 0 Å². The first-order chi connectivity index (χ1) is 10.6. The molecule has 0 atom stereocenters. The van der Waals surface area contributed by atoms with Crippen molar-refractivity contribution in [3.8, 4) is 0 Å². The number of amides is 1. The van der Waals surface area contributed by atoms with E-state index in [1.54, 1.807) is 17.2 Å². The molecule has 1 aromatic heterocycles. The molecule has 4 heteroatoms. The first-order valence-corrected chi connectivity index (χ1v) is 7.65. The lowest BCUT2D eigenvalue weighted by atomic mass is 10.2. The third-order valence-electron chi connectivity index (χ3n) is 3.51. The Balaban J connectivity index is 2.09. The van der Waals surface area contributed by atoms with Crippen molar-refractivity contribution in [2.45, 2.75) is 26.7 Å². The van der Waals surface area contributed by atoms with E-state index in [0.29, 0.717) is 5.69 Å². The van der Waals surface area contributed by atoms with Gasteiger partial charge < -0.3 is 10.2 Å². The number of hydrogen-bond acceptors (Lipinski definition) is 3. The predicted octanol–water partition coefficient (Wildman–Crippen LogP) is 4.01. The van der Waals surface area contributed by atoms with Crippen LogP contribution in [0.5, 0.6) is 0 Å². The van der Waals surface area contributed by atoms with E-state index < -0.39 is 0 Å². The van der Waals surface area contributed by atoms with Crippen molar-refractivity contribution in [1.29, 1.82) is 0 Å². The van der Waals surface area contributed by atoms with Gasteiger partial charge in [0.15, 0.2) is 0 Å². The molecule has 1 heterocycles. The minimum atomic E-state index is -0.0407. The van der Waals surface area contributed by atoms with Crippen LogP contribution < -0.4 is 5.32 Å². The minimum absolute atomic E-state index is 0.0407. The van der Waals surface area contributed by atoms with Crippen molar-refractivity contribution in [3.63, 3.8) is 0 Å². The molecule has 0 radical (unpaired) electrons. The van der Waals surface area contributed by atoms with Crippen LogP contribution in [0.2, 0.25) is 0 Å². The highest BCUT2D eigenvalue weighted by molar-refractivity contribution is 5.93. The molecular weight excluding hydrogens is 274 g/mol. The van der Waals surface area contributed by atoms with Gasteiger partial charge in [-0.25, -0.2) is 0 Å². The molecule has 2 rings (SSSR count). The molecule has 0 spiro atoms. The number of nitrogens with one attached hydrogen (secondary N) is 1. The van der Waals surface area contributed by atoms with Crippen LogP contribution in [0.1, 0.15) is 35.8 Å². The van der Waals surface area contributed by atoms with Crippen LogP contribution in [0.4, 0.5) is 11.4 Å². The van der Waals surface area contributed by atoms with E-state index in [1.807, 2.05) is 37.4 Å². The lowest BCUT2D eigenvalue weighted by Crippen LogP contribution is -2.28. The fourth-order valence-corrected chi connectivity index (χ4v) is 2.12. The molecule has 1 N–H and O–H groups in total. The summed E-state index contributed by atoms with van der Waals surface area (Å²) in [7, 11) is 1.82. The van der Waals surface area contributed by atoms with Gasteiger partial charge in [-0.1, -0.05) is 31.0 Å². The van der Waals surface area contributed by atoms with E-state index in [2.05, 4.69) is 24.1 Å². The number of aryl methyl sites for hydroxylation is 1. The average Bonchev–Trinajstić information content (AvgIpc) is 2.54. The van der Waals surface area contributed by atoms with Crippen molar-refractivity contribution in [2.24, 2.45) is 0 Å². The molecule has 0 saturated heterocycles. The maximum absolute atomic E-state index is 12.3. The molecule has 0 saturated carbocycles. The summed E-state index contributed by atoms with van der Waals surface area (Å²) in [5, 5.41) is 3.30. The Morgan fingerprint density at radius 3 is 2.59 bits per heavy atom. The van der Waals surface area contributed by atoms with Crippen LogP contribution in [-0.2, 0) is 0 Å². The Hall–Kier alpha value is -2.36. The van der Waals surface area contributed by atoms with Crippen LogP contribution in [0.15, 0.2) is 42.6 Å². The molecule has 116 valence electrons. The summed E-state index contributed by atoms with van der Waals surface area (Å²) in [5.74, 6) is -0.0407. The van der Waals surface area contributed by atoms with Crippen molar-refractivity contribution < 1.29 is 4.79 Å². The first kappa shape index (κ1) is 16.0. The normalized spacial score (nSPS) is 10.3. The maximum atomic E-state index is 12.3. The second-order valence-electron chi connectivity index (χ2n) is 5.50. The van der Waals surface area contributed by atoms with Crippen molar-refractivity contribution in [2.75, 3.05) is 18.9 Å². The largest absolute Gasteiger partial charge is 0.355 e. The van der Waals surface area contributed by atoms with Gasteiger partial charge in [0, 0.05) is 31.2 Å². The highest BCUT2D eigenvalue weighted by atomic mass is 16.2. The maximum Gasteiger partial charge on any atom is 0.272 e. The predicted molar refractivity (Wildman–Crippen MR) is 90.6 cm³/mol. The fraction of sp³-hybridized carbons (Fsp3) is 0.333. The Labute approximate surface area is 132 Å². The van der Waals surface area contributed by atoms with Gasteiger partial charge in [0.1, 0.15) is 5.69 Å². The van der Waals surface area contributed by atoms with Gasteiger partial charge in [-0.2, -0.15) is 0 Å². The second kappa shape index (κ2) is 7.59. The summed E-state index contributed by atoms with van der Waals surface area (Å²) in [6.45, 7) is 4.93. The first-order valence-electron chi connectivity index (χ1n) is 7.65. The number of rotatable bonds is 6. The molecule has 0 aliphatic carbocycles. The molecule has 2 aromatic rings. The quantitative estimate of drug-likeness (QED) is 0.876. The third kappa shape index (κ3) is 4.32. The van der Waals surface area contributed by atoms with Gasteiger partial charge >= 0.3 is 0 Å². The summed E-state index contributed by atoms with van der Waals surface area (Å²) in [5.41, 5.74) is 3.55. The number of aromatic nitrogens is 1. The topological polar surface area (TPSA) is 45.2 Å². The Morgan fingerprint density at radius 1 is 1.18 bits per heavy atom. The molecule has 0 bridgehead atoms. The number of benzene rings is 1. The average molecular weight is 297 g/mol. The standard InChI is InChI=1S/C18H23N3O/c1-4-5-12-21(3)18(22)17-13-16(10-11-19-17)20-15-8-6-14(2)7-9-15/h6-11,13H,4-5,12H2,1-3H3,(H,19,20). The van der Waals surface area contributed by atoms with Gasteiger partial charge in [-0.3, -0.25) is 9.78 Å². The van der Waals surface area contributed by atoms with E-state index >= 15 is 0 Å². The molecule has 0 aliphatic heterocycles. The van der Waals surface area contributed by atoms with Crippen molar-refractivity contribution in [1.82, 2.24) is 9.88 Å². The molecule has 22 heavy (non-hydrogen) atoms. The molecule has 0 fully saturated rings. The number of carbonyl (C=O) groups excluding carboxylic acids is 1. The van der Waals surface area contributed by atoms with E-state index in [1.165, 1.54) is 5.56 Å². The monoisotopic (exact) mass is 297 g/mol. The number of nitrogens with zero attached hydrogens (tertiary/aromatic N) is 2. The van der Waals surface area contributed by atoms with Crippen LogP contribution in [-0.4, -0.2) is 29.4 Å². The zero-order chi connectivity index (χ0) is 15.9. The highest BCUT2D eigenvalue weighted by Gasteiger charge is 2.13. The lowest BCUT2D eigenvalue weighted by molar-refractivity contribution is 0.0787. The highest BCUT2D eigenvalue weighted by Crippen LogP contribution is 2.17. The zero-order valence-electron chi connectivity index (χ0n) is 13.5. The van der Waals surface area contributed by atoms with Crippen molar-refractivity contribution in [3.05, 3.63) is 53.9 Å². The summed E-state index contributed by atoms with van der Waals surface area (Å²) in [6, 6.07) is 11.8. The second-order valence-corrected chi connectivity index (χ2v) is 5.50. The lowest BCUT2D eigenvalue weighted by Gasteiger charge is -2.16. The number of carbonyl (C=O) groups is 1. The van der Waals surface area contributed by atoms with E-state index in [9.17, 15) is 4.79 Å². The van der Waals surface area contributed by atoms with Gasteiger partial charge in [0.05, 0.1) is 0 Å². The van der Waals surface area contributed by atoms with Crippen LogP contribution in [0.3, 0.4) is 0 Å². The minimum Gasteiger partial charge on any atom is -0.355 e. The summed E-state index contributed by atoms with van der Waals surface area (Å²) in [4.78, 5) is 18.3. The zero-order valence-corrected chi connectivity index (χ0v) is 13.5.